The third-order valence-corrected chi connectivity index (χ3v) is 3.88. The van der Waals surface area contributed by atoms with Crippen molar-refractivity contribution in [1.29, 1.82) is 0 Å². The first-order valence-corrected chi connectivity index (χ1v) is 7.09. The second-order valence-corrected chi connectivity index (χ2v) is 5.77. The molecule has 0 aromatic carbocycles. The maximum atomic E-state index is 3.67. The topological polar surface area (TPSA) is 15.3 Å². The first-order valence-electron chi connectivity index (χ1n) is 7.09. The number of nitrogens with zero attached hydrogens (tertiary/aromatic N) is 1. The summed E-state index contributed by atoms with van der Waals surface area (Å²) in [6, 6.07) is 0.729. The Morgan fingerprint density at radius 1 is 1.31 bits per heavy atom. The van der Waals surface area contributed by atoms with Crippen molar-refractivity contribution in [2.24, 2.45) is 11.8 Å². The van der Waals surface area contributed by atoms with Crippen LogP contribution in [0.2, 0.25) is 0 Å². The van der Waals surface area contributed by atoms with E-state index in [0.29, 0.717) is 0 Å². The zero-order valence-corrected chi connectivity index (χ0v) is 11.6. The summed E-state index contributed by atoms with van der Waals surface area (Å²) in [6.07, 6.45) is 3.93. The highest BCUT2D eigenvalue weighted by atomic mass is 15.2. The number of hydrogen-bond donors (Lipinski definition) is 1. The van der Waals surface area contributed by atoms with Gasteiger partial charge in [0, 0.05) is 19.1 Å². The highest BCUT2D eigenvalue weighted by molar-refractivity contribution is 4.77. The molecule has 1 heterocycles. The smallest absolute Gasteiger partial charge is 0.0194 e. The van der Waals surface area contributed by atoms with Gasteiger partial charge in [-0.15, -0.1) is 0 Å². The summed E-state index contributed by atoms with van der Waals surface area (Å²) in [7, 11) is 0. The lowest BCUT2D eigenvalue weighted by Crippen LogP contribution is -2.39. The Morgan fingerprint density at radius 3 is 2.69 bits per heavy atom. The molecular weight excluding hydrogens is 196 g/mol. The van der Waals surface area contributed by atoms with E-state index in [0.717, 1.165) is 17.9 Å². The van der Waals surface area contributed by atoms with Crippen LogP contribution in [0.3, 0.4) is 0 Å². The van der Waals surface area contributed by atoms with Crippen molar-refractivity contribution in [2.45, 2.75) is 53.0 Å². The number of rotatable bonds is 5. The molecule has 0 radical (unpaired) electrons. The fraction of sp³-hybridized carbons (Fsp3) is 1.00. The van der Waals surface area contributed by atoms with Gasteiger partial charge in [0.05, 0.1) is 0 Å². The first-order chi connectivity index (χ1) is 7.63. The van der Waals surface area contributed by atoms with Crippen LogP contribution >= 0.6 is 0 Å². The Bertz CT molecular complexity index is 180. The average Bonchev–Trinajstić information content (AvgIpc) is 2.44. The quantitative estimate of drug-likeness (QED) is 0.775. The van der Waals surface area contributed by atoms with Crippen LogP contribution in [0.1, 0.15) is 47.0 Å². The van der Waals surface area contributed by atoms with Crippen molar-refractivity contribution < 1.29 is 0 Å². The lowest BCUT2D eigenvalue weighted by atomic mass is 9.97. The molecule has 1 aliphatic heterocycles. The molecule has 0 bridgehead atoms. The summed E-state index contributed by atoms with van der Waals surface area (Å²) in [5, 5.41) is 3.67. The van der Waals surface area contributed by atoms with E-state index in [1.807, 2.05) is 0 Å². The van der Waals surface area contributed by atoms with Crippen LogP contribution in [0.15, 0.2) is 0 Å². The molecule has 2 unspecified atom stereocenters. The molecule has 1 rings (SSSR count). The van der Waals surface area contributed by atoms with E-state index in [2.05, 4.69) is 37.9 Å². The van der Waals surface area contributed by atoms with Gasteiger partial charge in [-0.3, -0.25) is 0 Å². The molecule has 0 aromatic rings. The van der Waals surface area contributed by atoms with Gasteiger partial charge in [0.15, 0.2) is 0 Å². The first kappa shape index (κ1) is 14.0. The van der Waals surface area contributed by atoms with E-state index in [9.17, 15) is 0 Å². The van der Waals surface area contributed by atoms with E-state index < -0.39 is 0 Å². The highest BCUT2D eigenvalue weighted by Crippen LogP contribution is 2.14. The van der Waals surface area contributed by atoms with Gasteiger partial charge in [-0.05, 0) is 37.8 Å². The number of nitrogens with one attached hydrogen (secondary N) is 1. The predicted octanol–water partition coefficient (Wildman–Crippen LogP) is 2.74. The van der Waals surface area contributed by atoms with Gasteiger partial charge < -0.3 is 10.2 Å². The highest BCUT2D eigenvalue weighted by Gasteiger charge is 2.19. The molecule has 0 spiro atoms. The minimum absolute atomic E-state index is 0.729. The zero-order chi connectivity index (χ0) is 12.0. The largest absolute Gasteiger partial charge is 0.313 e. The van der Waals surface area contributed by atoms with Crippen LogP contribution < -0.4 is 5.32 Å². The van der Waals surface area contributed by atoms with Crippen molar-refractivity contribution in [3.63, 3.8) is 0 Å². The second-order valence-electron chi connectivity index (χ2n) is 5.77. The molecule has 1 saturated heterocycles. The van der Waals surface area contributed by atoms with Gasteiger partial charge in [0.1, 0.15) is 0 Å². The van der Waals surface area contributed by atoms with Crippen LogP contribution in [0.5, 0.6) is 0 Å². The third kappa shape index (κ3) is 4.84. The maximum absolute atomic E-state index is 3.67. The third-order valence-electron chi connectivity index (χ3n) is 3.88. The van der Waals surface area contributed by atoms with Gasteiger partial charge in [0.2, 0.25) is 0 Å². The second kappa shape index (κ2) is 7.29. The lowest BCUT2D eigenvalue weighted by molar-refractivity contribution is 0.205. The average molecular weight is 226 g/mol. The summed E-state index contributed by atoms with van der Waals surface area (Å²) in [5.74, 6) is 1.63. The Kier molecular flexibility index (Phi) is 6.37. The SMILES string of the molecule is CCCC1CN(CC(C)C(C)C)CCCN1. The van der Waals surface area contributed by atoms with E-state index in [1.54, 1.807) is 0 Å². The summed E-state index contributed by atoms with van der Waals surface area (Å²) in [4.78, 5) is 2.67. The fourth-order valence-corrected chi connectivity index (χ4v) is 2.40. The van der Waals surface area contributed by atoms with Crippen LogP contribution in [-0.2, 0) is 0 Å². The van der Waals surface area contributed by atoms with Crippen molar-refractivity contribution in [3.8, 4) is 0 Å². The molecule has 2 heteroatoms. The normalized spacial score (nSPS) is 25.7. The van der Waals surface area contributed by atoms with Crippen LogP contribution in [0, 0.1) is 11.8 Å². The van der Waals surface area contributed by atoms with Gasteiger partial charge in [-0.2, -0.15) is 0 Å². The lowest BCUT2D eigenvalue weighted by Gasteiger charge is -2.28. The standard InChI is InChI=1S/C14H30N2/c1-5-7-14-11-16(9-6-8-15-14)10-13(4)12(2)3/h12-15H,5-11H2,1-4H3. The predicted molar refractivity (Wildman–Crippen MR) is 71.8 cm³/mol. The molecular formula is C14H30N2. The van der Waals surface area contributed by atoms with Crippen LogP contribution in [-0.4, -0.2) is 37.1 Å². The van der Waals surface area contributed by atoms with Gasteiger partial charge >= 0.3 is 0 Å². The van der Waals surface area contributed by atoms with E-state index in [-0.39, 0.29) is 0 Å². The summed E-state index contributed by atoms with van der Waals surface area (Å²) >= 11 is 0. The maximum Gasteiger partial charge on any atom is 0.0194 e. The van der Waals surface area contributed by atoms with Crippen molar-refractivity contribution in [2.75, 3.05) is 26.2 Å². The summed E-state index contributed by atoms with van der Waals surface area (Å²) < 4.78 is 0. The van der Waals surface area contributed by atoms with Gasteiger partial charge in [0.25, 0.3) is 0 Å². The molecule has 2 nitrogen and oxygen atoms in total. The van der Waals surface area contributed by atoms with Crippen molar-refractivity contribution >= 4 is 0 Å². The zero-order valence-electron chi connectivity index (χ0n) is 11.6. The minimum atomic E-state index is 0.729. The molecule has 1 aliphatic rings. The molecule has 1 fully saturated rings. The van der Waals surface area contributed by atoms with Crippen LogP contribution in [0.25, 0.3) is 0 Å². The molecule has 0 amide bonds. The van der Waals surface area contributed by atoms with E-state index >= 15 is 0 Å². The Labute approximate surface area is 102 Å². The minimum Gasteiger partial charge on any atom is -0.313 e. The van der Waals surface area contributed by atoms with Crippen molar-refractivity contribution in [3.05, 3.63) is 0 Å². The molecule has 0 aliphatic carbocycles. The summed E-state index contributed by atoms with van der Waals surface area (Å²) in [5.41, 5.74) is 0. The van der Waals surface area contributed by atoms with Gasteiger partial charge in [-0.1, -0.05) is 34.1 Å². The Morgan fingerprint density at radius 2 is 2.06 bits per heavy atom. The van der Waals surface area contributed by atoms with E-state index in [1.165, 1.54) is 45.4 Å². The Balaban J connectivity index is 2.39. The molecule has 0 saturated carbocycles. The number of hydrogen-bond acceptors (Lipinski definition) is 2. The molecule has 0 aromatic heterocycles. The van der Waals surface area contributed by atoms with Crippen molar-refractivity contribution in [1.82, 2.24) is 10.2 Å². The fourth-order valence-electron chi connectivity index (χ4n) is 2.40. The van der Waals surface area contributed by atoms with E-state index in [4.69, 9.17) is 0 Å². The molecule has 16 heavy (non-hydrogen) atoms. The molecule has 2 atom stereocenters. The molecule has 96 valence electrons. The molecule has 1 N–H and O–H groups in total. The van der Waals surface area contributed by atoms with Crippen LogP contribution in [0.4, 0.5) is 0 Å². The summed E-state index contributed by atoms with van der Waals surface area (Å²) in [6.45, 7) is 14.4. The monoisotopic (exact) mass is 226 g/mol. The Hall–Kier alpha value is -0.0800. The van der Waals surface area contributed by atoms with Gasteiger partial charge in [-0.25, -0.2) is 0 Å².